The maximum absolute atomic E-state index is 6.62. The standard InChI is InChI=1S/C40H24N4O.C3H6/c1-2-9-27(10-3-1)43-33-19-17-25(24-31(33)39-34(43)15-7-22-42-39)26-18-20-37-30(23-26)28-12-6-14-36(40(28)45-37)44-32-13-5-4-11-29(32)38-35(44)16-8-21-41-38;1-3-2/h1-24H;3H,1H2,2H3. The molecule has 0 N–H and O–H groups in total. The van der Waals surface area contributed by atoms with Crippen LogP contribution in [0.3, 0.4) is 0 Å². The second kappa shape index (κ2) is 11.1. The number of benzene rings is 5. The predicted molar refractivity (Wildman–Crippen MR) is 199 cm³/mol. The molecule has 0 aliphatic rings. The van der Waals surface area contributed by atoms with Gasteiger partial charge in [0.15, 0.2) is 5.58 Å². The van der Waals surface area contributed by atoms with Crippen LogP contribution in [0.4, 0.5) is 0 Å². The average molecular weight is 619 g/mol. The Morgan fingerprint density at radius 2 is 1.15 bits per heavy atom. The van der Waals surface area contributed by atoms with Crippen LogP contribution in [0, 0.1) is 0 Å². The Morgan fingerprint density at radius 3 is 1.94 bits per heavy atom. The van der Waals surface area contributed by atoms with E-state index in [1.807, 2.05) is 37.5 Å². The lowest BCUT2D eigenvalue weighted by atomic mass is 10.0. The summed E-state index contributed by atoms with van der Waals surface area (Å²) in [6, 6.07) is 46.8. The van der Waals surface area contributed by atoms with Gasteiger partial charge in [0.05, 0.1) is 38.8 Å². The van der Waals surface area contributed by atoms with Crippen molar-refractivity contribution in [3.8, 4) is 22.5 Å². The van der Waals surface area contributed by atoms with E-state index in [1.54, 1.807) is 6.08 Å². The first-order valence-corrected chi connectivity index (χ1v) is 16.1. The minimum atomic E-state index is 0.863. The fraction of sp³-hybridized carbons (Fsp3) is 0.0233. The Balaban J connectivity index is 0.00000101. The van der Waals surface area contributed by atoms with E-state index in [9.17, 15) is 0 Å². The number of para-hydroxylation sites is 3. The van der Waals surface area contributed by atoms with Gasteiger partial charge in [-0.3, -0.25) is 9.97 Å². The molecule has 0 aliphatic carbocycles. The van der Waals surface area contributed by atoms with Gasteiger partial charge in [-0.25, -0.2) is 0 Å². The van der Waals surface area contributed by atoms with Crippen molar-refractivity contribution < 1.29 is 4.42 Å². The monoisotopic (exact) mass is 618 g/mol. The van der Waals surface area contributed by atoms with Crippen LogP contribution in [0.1, 0.15) is 6.92 Å². The molecule has 5 heterocycles. The number of furan rings is 1. The largest absolute Gasteiger partial charge is 0.454 e. The minimum Gasteiger partial charge on any atom is -0.454 e. The Labute approximate surface area is 276 Å². The first-order valence-electron chi connectivity index (χ1n) is 16.1. The third-order valence-corrected chi connectivity index (χ3v) is 9.01. The van der Waals surface area contributed by atoms with Crippen LogP contribution >= 0.6 is 0 Å². The molecule has 0 atom stereocenters. The van der Waals surface area contributed by atoms with Crippen molar-refractivity contribution in [2.45, 2.75) is 6.92 Å². The number of hydrogen-bond donors (Lipinski definition) is 0. The molecule has 0 aliphatic heterocycles. The van der Waals surface area contributed by atoms with Gasteiger partial charge in [-0.05, 0) is 90.8 Å². The van der Waals surface area contributed by atoms with E-state index in [0.717, 1.165) is 88.3 Å². The van der Waals surface area contributed by atoms with Gasteiger partial charge in [0.1, 0.15) is 5.58 Å². The van der Waals surface area contributed by atoms with Gasteiger partial charge in [0, 0.05) is 39.6 Å². The van der Waals surface area contributed by atoms with E-state index >= 15 is 0 Å². The van der Waals surface area contributed by atoms with Crippen LogP contribution in [0.5, 0.6) is 0 Å². The van der Waals surface area contributed by atoms with Crippen molar-refractivity contribution in [3.05, 3.63) is 159 Å². The summed E-state index contributed by atoms with van der Waals surface area (Å²) in [5.41, 5.74) is 12.5. The highest BCUT2D eigenvalue weighted by Gasteiger charge is 2.19. The molecular formula is C43H30N4O. The van der Waals surface area contributed by atoms with E-state index in [1.165, 1.54) is 0 Å². The predicted octanol–water partition coefficient (Wildman–Crippen LogP) is 11.4. The smallest absolute Gasteiger partial charge is 0.159 e. The second-order valence-corrected chi connectivity index (χ2v) is 11.9. The summed E-state index contributed by atoms with van der Waals surface area (Å²) >= 11 is 0. The highest BCUT2D eigenvalue weighted by Crippen LogP contribution is 2.39. The van der Waals surface area contributed by atoms with Gasteiger partial charge in [0.2, 0.25) is 0 Å². The van der Waals surface area contributed by atoms with Gasteiger partial charge in [-0.15, -0.1) is 6.58 Å². The van der Waals surface area contributed by atoms with Crippen molar-refractivity contribution in [1.82, 2.24) is 19.1 Å². The number of aromatic nitrogens is 4. The van der Waals surface area contributed by atoms with E-state index < -0.39 is 0 Å². The van der Waals surface area contributed by atoms with Crippen LogP contribution < -0.4 is 0 Å². The molecule has 5 heteroatoms. The van der Waals surface area contributed by atoms with E-state index in [4.69, 9.17) is 14.4 Å². The highest BCUT2D eigenvalue weighted by atomic mass is 16.3. The van der Waals surface area contributed by atoms with Crippen molar-refractivity contribution in [1.29, 1.82) is 0 Å². The maximum Gasteiger partial charge on any atom is 0.159 e. The molecule has 0 saturated carbocycles. The summed E-state index contributed by atoms with van der Waals surface area (Å²) in [7, 11) is 0. The lowest BCUT2D eigenvalue weighted by Gasteiger charge is -2.08. The number of pyridine rings is 2. The van der Waals surface area contributed by atoms with Gasteiger partial charge >= 0.3 is 0 Å². The van der Waals surface area contributed by atoms with Gasteiger partial charge < -0.3 is 13.6 Å². The average Bonchev–Trinajstić information content (AvgIpc) is 3.80. The summed E-state index contributed by atoms with van der Waals surface area (Å²) in [6.07, 6.45) is 5.48. The summed E-state index contributed by atoms with van der Waals surface area (Å²) in [6.45, 7) is 5.25. The minimum absolute atomic E-state index is 0.863. The fourth-order valence-electron chi connectivity index (χ4n) is 7.05. The molecule has 0 unspecified atom stereocenters. The summed E-state index contributed by atoms with van der Waals surface area (Å²) < 4.78 is 11.2. The SMILES string of the molecule is C=CC.c1ccc(-n2c3ccc(-c4ccc5oc6c(-n7c8ccccc8c8ncccc87)cccc6c5c4)cc3c3ncccc32)cc1. The first kappa shape index (κ1) is 27.8. The Morgan fingerprint density at radius 1 is 0.542 bits per heavy atom. The van der Waals surface area contributed by atoms with Crippen LogP contribution in [0.2, 0.25) is 0 Å². The second-order valence-electron chi connectivity index (χ2n) is 11.9. The molecule has 5 aromatic heterocycles. The Hall–Kier alpha value is -6.46. The first-order chi connectivity index (χ1) is 23.7. The fourth-order valence-corrected chi connectivity index (χ4v) is 7.05. The van der Waals surface area contributed by atoms with Gasteiger partial charge in [-0.2, -0.15) is 0 Å². The number of nitrogens with zero attached hydrogens (tertiary/aromatic N) is 4. The molecule has 0 radical (unpaired) electrons. The quantitative estimate of drug-likeness (QED) is 0.185. The summed E-state index contributed by atoms with van der Waals surface area (Å²) in [4.78, 5) is 9.53. The normalized spacial score (nSPS) is 11.5. The third kappa shape index (κ3) is 4.18. The van der Waals surface area contributed by atoms with E-state index in [2.05, 4.69) is 131 Å². The molecular weight excluding hydrogens is 589 g/mol. The Bertz CT molecular complexity index is 2770. The van der Waals surface area contributed by atoms with Crippen molar-refractivity contribution >= 4 is 65.8 Å². The third-order valence-electron chi connectivity index (χ3n) is 9.01. The zero-order valence-corrected chi connectivity index (χ0v) is 26.3. The molecule has 0 saturated heterocycles. The zero-order chi connectivity index (χ0) is 32.2. The number of fused-ring (bicyclic) bond motifs is 9. The Kier molecular flexibility index (Phi) is 6.44. The molecule has 0 spiro atoms. The number of allylic oxidation sites excluding steroid dienone is 1. The molecule has 5 aromatic carbocycles. The molecule has 228 valence electrons. The summed E-state index contributed by atoms with van der Waals surface area (Å²) in [5.74, 6) is 0. The molecule has 10 aromatic rings. The molecule has 0 amide bonds. The number of hydrogen-bond acceptors (Lipinski definition) is 3. The van der Waals surface area contributed by atoms with Crippen molar-refractivity contribution in [2.24, 2.45) is 0 Å². The van der Waals surface area contributed by atoms with Gasteiger partial charge in [-0.1, -0.05) is 66.7 Å². The van der Waals surface area contributed by atoms with E-state index in [-0.39, 0.29) is 0 Å². The maximum atomic E-state index is 6.62. The topological polar surface area (TPSA) is 48.8 Å². The lowest BCUT2D eigenvalue weighted by molar-refractivity contribution is 0.666. The number of rotatable bonds is 3. The van der Waals surface area contributed by atoms with Crippen LogP contribution in [-0.4, -0.2) is 19.1 Å². The van der Waals surface area contributed by atoms with Crippen molar-refractivity contribution in [2.75, 3.05) is 0 Å². The van der Waals surface area contributed by atoms with Gasteiger partial charge in [0.25, 0.3) is 0 Å². The molecule has 5 nitrogen and oxygen atoms in total. The lowest BCUT2D eigenvalue weighted by Crippen LogP contribution is -1.94. The van der Waals surface area contributed by atoms with E-state index in [0.29, 0.717) is 0 Å². The van der Waals surface area contributed by atoms with Crippen LogP contribution in [0.15, 0.2) is 163 Å². The molecule has 0 bridgehead atoms. The van der Waals surface area contributed by atoms with Crippen molar-refractivity contribution in [3.63, 3.8) is 0 Å². The summed E-state index contributed by atoms with van der Waals surface area (Å²) in [5, 5.41) is 4.43. The molecule has 10 rings (SSSR count). The molecule has 0 fully saturated rings. The van der Waals surface area contributed by atoms with Crippen LogP contribution in [-0.2, 0) is 0 Å². The van der Waals surface area contributed by atoms with Crippen LogP contribution in [0.25, 0.3) is 88.3 Å². The highest BCUT2D eigenvalue weighted by molar-refractivity contribution is 6.13. The molecule has 48 heavy (non-hydrogen) atoms. The zero-order valence-electron chi connectivity index (χ0n) is 26.3.